The molecule has 1 N–H and O–H groups in total. The van der Waals surface area contributed by atoms with Crippen molar-refractivity contribution < 1.29 is 13.5 Å². The van der Waals surface area contributed by atoms with Crippen LogP contribution in [0.25, 0.3) is 5.57 Å². The zero-order valence-corrected chi connectivity index (χ0v) is 13.5. The maximum atomic E-state index is 12.7. The molecule has 0 saturated carbocycles. The highest BCUT2D eigenvalue weighted by Gasteiger charge is 2.35. The third kappa shape index (κ3) is 2.85. The molecule has 1 atom stereocenters. The van der Waals surface area contributed by atoms with E-state index in [2.05, 4.69) is 0 Å². The third-order valence-electron chi connectivity index (χ3n) is 3.88. The van der Waals surface area contributed by atoms with Gasteiger partial charge in [-0.3, -0.25) is 0 Å². The van der Waals surface area contributed by atoms with Crippen LogP contribution >= 0.6 is 23.2 Å². The van der Waals surface area contributed by atoms with Gasteiger partial charge in [0.15, 0.2) is 0 Å². The van der Waals surface area contributed by atoms with Gasteiger partial charge < -0.3 is 5.11 Å². The highest BCUT2D eigenvalue weighted by Crippen LogP contribution is 2.39. The summed E-state index contributed by atoms with van der Waals surface area (Å²) in [6, 6.07) is 3.30. The molecular formula is C14H15Cl2NO3S. The summed E-state index contributed by atoms with van der Waals surface area (Å²) >= 11 is 12.3. The lowest BCUT2D eigenvalue weighted by molar-refractivity contribution is 0.233. The van der Waals surface area contributed by atoms with Crippen molar-refractivity contribution in [1.29, 1.82) is 0 Å². The molecule has 1 heterocycles. The quantitative estimate of drug-likeness (QED) is 0.910. The zero-order valence-electron chi connectivity index (χ0n) is 11.2. The van der Waals surface area contributed by atoms with Crippen molar-refractivity contribution in [2.75, 3.05) is 19.7 Å². The summed E-state index contributed by atoms with van der Waals surface area (Å²) in [6.07, 6.45) is 3.57. The first-order valence-electron chi connectivity index (χ1n) is 6.73. The molecule has 1 aliphatic carbocycles. The minimum absolute atomic E-state index is 0.0133. The van der Waals surface area contributed by atoms with Crippen LogP contribution in [0.3, 0.4) is 0 Å². The molecule has 2 aliphatic rings. The van der Waals surface area contributed by atoms with Crippen molar-refractivity contribution in [3.05, 3.63) is 33.8 Å². The lowest BCUT2D eigenvalue weighted by Gasteiger charge is -2.18. The van der Waals surface area contributed by atoms with Crippen LogP contribution in [0.1, 0.15) is 18.4 Å². The van der Waals surface area contributed by atoms with Gasteiger partial charge >= 0.3 is 0 Å². The van der Waals surface area contributed by atoms with Crippen LogP contribution in [-0.2, 0) is 10.0 Å². The molecule has 7 heteroatoms. The molecule has 0 spiro atoms. The molecule has 4 nitrogen and oxygen atoms in total. The Bertz CT molecular complexity index is 692. The van der Waals surface area contributed by atoms with Gasteiger partial charge in [-0.25, -0.2) is 8.42 Å². The summed E-state index contributed by atoms with van der Waals surface area (Å²) in [6.45, 7) is 0.673. The van der Waals surface area contributed by atoms with Crippen molar-refractivity contribution in [3.8, 4) is 0 Å². The van der Waals surface area contributed by atoms with Crippen LogP contribution in [0.4, 0.5) is 0 Å². The van der Waals surface area contributed by atoms with Gasteiger partial charge in [-0.2, -0.15) is 4.31 Å². The second kappa shape index (κ2) is 5.56. The van der Waals surface area contributed by atoms with Crippen molar-refractivity contribution >= 4 is 38.8 Å². The molecular weight excluding hydrogens is 333 g/mol. The normalized spacial score (nSPS) is 22.4. The number of nitrogens with zero attached hydrogens (tertiary/aromatic N) is 1. The van der Waals surface area contributed by atoms with E-state index in [9.17, 15) is 8.42 Å². The van der Waals surface area contributed by atoms with E-state index < -0.39 is 10.0 Å². The van der Waals surface area contributed by atoms with E-state index in [0.29, 0.717) is 19.5 Å². The summed E-state index contributed by atoms with van der Waals surface area (Å²) in [5, 5.41) is 9.46. The van der Waals surface area contributed by atoms with Gasteiger partial charge in [-0.15, -0.1) is 0 Å². The Hall–Kier alpha value is -0.590. The number of hydrogen-bond donors (Lipinski definition) is 1. The second-order valence-corrected chi connectivity index (χ2v) is 8.09. The van der Waals surface area contributed by atoms with E-state index in [1.807, 2.05) is 6.08 Å². The van der Waals surface area contributed by atoms with Gasteiger partial charge in [0.2, 0.25) is 10.0 Å². The first-order valence-corrected chi connectivity index (χ1v) is 8.92. The second-order valence-electron chi connectivity index (χ2n) is 5.40. The number of halogens is 2. The van der Waals surface area contributed by atoms with E-state index >= 15 is 0 Å². The predicted molar refractivity (Wildman–Crippen MR) is 83.0 cm³/mol. The molecule has 0 aromatic heterocycles. The van der Waals surface area contributed by atoms with Crippen LogP contribution in [0.2, 0.25) is 10.0 Å². The van der Waals surface area contributed by atoms with Gasteiger partial charge in [0.1, 0.15) is 4.90 Å². The Kier molecular flexibility index (Phi) is 4.05. The molecule has 114 valence electrons. The summed E-state index contributed by atoms with van der Waals surface area (Å²) in [5.74, 6) is -0.0202. The SMILES string of the molecule is O=S(=O)(c1c(Cl)cc(C2=CC2)cc1Cl)N1CCC(CO)C1. The van der Waals surface area contributed by atoms with Crippen LogP contribution in [-0.4, -0.2) is 37.5 Å². The number of benzene rings is 1. The van der Waals surface area contributed by atoms with E-state index in [1.54, 1.807) is 12.1 Å². The summed E-state index contributed by atoms with van der Waals surface area (Å²) in [5.41, 5.74) is 2.00. The summed E-state index contributed by atoms with van der Waals surface area (Å²) in [7, 11) is -3.73. The molecule has 0 bridgehead atoms. The average Bonchev–Trinajstić information content (AvgIpc) is 3.14. The minimum Gasteiger partial charge on any atom is -0.396 e. The highest BCUT2D eigenvalue weighted by atomic mass is 35.5. The predicted octanol–water partition coefficient (Wildman–Crippen LogP) is 2.78. The van der Waals surface area contributed by atoms with Gasteiger partial charge in [-0.05, 0) is 42.0 Å². The molecule has 21 heavy (non-hydrogen) atoms. The smallest absolute Gasteiger partial charge is 0.246 e. The fourth-order valence-electron chi connectivity index (χ4n) is 2.57. The average molecular weight is 348 g/mol. The van der Waals surface area contributed by atoms with Crippen LogP contribution in [0, 0.1) is 5.92 Å². The molecule has 1 aromatic carbocycles. The van der Waals surface area contributed by atoms with E-state index in [-0.39, 0.29) is 27.5 Å². The highest BCUT2D eigenvalue weighted by molar-refractivity contribution is 7.89. The standard InChI is InChI=1S/C14H15Cl2NO3S/c15-12-5-11(10-1-2-10)6-13(16)14(12)21(19,20)17-4-3-9(7-17)8-18/h1,5-6,9,18H,2-4,7-8H2. The topological polar surface area (TPSA) is 57.6 Å². The maximum Gasteiger partial charge on any atom is 0.246 e. The molecule has 1 unspecified atom stereocenters. The van der Waals surface area contributed by atoms with E-state index in [0.717, 1.165) is 17.6 Å². The molecule has 0 amide bonds. The lowest BCUT2D eigenvalue weighted by atomic mass is 10.1. The fraction of sp³-hybridized carbons (Fsp3) is 0.429. The lowest BCUT2D eigenvalue weighted by Crippen LogP contribution is -2.29. The Balaban J connectivity index is 1.97. The van der Waals surface area contributed by atoms with Crippen LogP contribution in [0.5, 0.6) is 0 Å². The number of allylic oxidation sites excluding steroid dienone is 2. The van der Waals surface area contributed by atoms with Gasteiger partial charge in [0, 0.05) is 19.7 Å². The van der Waals surface area contributed by atoms with Crippen molar-refractivity contribution in [1.82, 2.24) is 4.31 Å². The first kappa shape index (κ1) is 15.3. The summed E-state index contributed by atoms with van der Waals surface area (Å²) < 4.78 is 26.7. The van der Waals surface area contributed by atoms with Gasteiger partial charge in [0.25, 0.3) is 0 Å². The minimum atomic E-state index is -3.73. The Morgan fingerprint density at radius 1 is 1.29 bits per heavy atom. The molecule has 1 fully saturated rings. The van der Waals surface area contributed by atoms with E-state index in [1.165, 1.54) is 4.31 Å². The van der Waals surface area contributed by atoms with Crippen LogP contribution in [0.15, 0.2) is 23.1 Å². The van der Waals surface area contributed by atoms with Crippen molar-refractivity contribution in [3.63, 3.8) is 0 Å². The number of sulfonamides is 1. The van der Waals surface area contributed by atoms with Gasteiger partial charge in [-0.1, -0.05) is 29.3 Å². The number of hydrogen-bond acceptors (Lipinski definition) is 3. The molecule has 1 aromatic rings. The van der Waals surface area contributed by atoms with Crippen LogP contribution < -0.4 is 0 Å². The number of aliphatic hydroxyl groups excluding tert-OH is 1. The Labute approximate surface area is 134 Å². The monoisotopic (exact) mass is 347 g/mol. The zero-order chi connectivity index (χ0) is 15.2. The molecule has 1 saturated heterocycles. The Morgan fingerprint density at radius 3 is 2.38 bits per heavy atom. The van der Waals surface area contributed by atoms with Crippen molar-refractivity contribution in [2.45, 2.75) is 17.7 Å². The van der Waals surface area contributed by atoms with E-state index in [4.69, 9.17) is 28.3 Å². The van der Waals surface area contributed by atoms with Gasteiger partial charge in [0.05, 0.1) is 10.0 Å². The largest absolute Gasteiger partial charge is 0.396 e. The maximum absolute atomic E-state index is 12.7. The number of aliphatic hydroxyl groups is 1. The Morgan fingerprint density at radius 2 is 1.90 bits per heavy atom. The molecule has 0 radical (unpaired) electrons. The fourth-order valence-corrected chi connectivity index (χ4v) is 5.27. The van der Waals surface area contributed by atoms with Crippen molar-refractivity contribution in [2.24, 2.45) is 5.92 Å². The third-order valence-corrected chi connectivity index (χ3v) is 6.67. The number of rotatable bonds is 4. The first-order chi connectivity index (χ1) is 9.93. The molecule has 1 aliphatic heterocycles. The molecule has 3 rings (SSSR count). The summed E-state index contributed by atoms with van der Waals surface area (Å²) in [4.78, 5) is -0.0329.